The first-order chi connectivity index (χ1) is 12.5. The summed E-state index contributed by atoms with van der Waals surface area (Å²) in [5, 5.41) is 0.710. The molecule has 0 heterocycles. The lowest BCUT2D eigenvalue weighted by Crippen LogP contribution is -2.37. The highest BCUT2D eigenvalue weighted by Gasteiger charge is 2.46. The molecule has 3 rings (SSSR count). The highest BCUT2D eigenvalue weighted by atomic mass is 35.5. The first-order valence-electron chi connectivity index (χ1n) is 8.88. The van der Waals surface area contributed by atoms with Gasteiger partial charge >= 0.3 is 0 Å². The van der Waals surface area contributed by atoms with E-state index in [4.69, 9.17) is 11.6 Å². The molecule has 138 valence electrons. The molecule has 1 fully saturated rings. The van der Waals surface area contributed by atoms with Crippen molar-refractivity contribution in [1.29, 1.82) is 0 Å². The maximum Gasteiger partial charge on any atom is 0.226 e. The molecule has 2 atom stereocenters. The third-order valence-electron chi connectivity index (χ3n) is 4.86. The number of rotatable bonds is 7. The highest BCUT2D eigenvalue weighted by Crippen LogP contribution is 2.50. The molecule has 0 saturated heterocycles. The van der Waals surface area contributed by atoms with Crippen LogP contribution < -0.4 is 0 Å². The molecule has 0 N–H and O–H groups in total. The lowest BCUT2D eigenvalue weighted by Gasteiger charge is -2.25. The summed E-state index contributed by atoms with van der Waals surface area (Å²) in [5.41, 5.74) is 1.58. The molecule has 0 bridgehead atoms. The Morgan fingerprint density at radius 3 is 2.50 bits per heavy atom. The first-order valence-corrected chi connectivity index (χ1v) is 9.26. The van der Waals surface area contributed by atoms with Crippen LogP contribution in [0, 0.1) is 11.7 Å². The molecular weight excluding hydrogens is 351 g/mol. The van der Waals surface area contributed by atoms with E-state index in [1.54, 1.807) is 23.1 Å². The minimum Gasteiger partial charge on any atom is -0.337 e. The molecule has 0 radical (unpaired) electrons. The number of amides is 1. The van der Waals surface area contributed by atoms with Gasteiger partial charge in [-0.15, -0.1) is 0 Å². The number of halogens is 2. The molecule has 1 amide bonds. The van der Waals surface area contributed by atoms with Crippen LogP contribution >= 0.6 is 11.6 Å². The van der Waals surface area contributed by atoms with E-state index in [0.717, 1.165) is 18.5 Å². The molecule has 0 aromatic heterocycles. The second-order valence-corrected chi connectivity index (χ2v) is 7.53. The third kappa shape index (κ3) is 4.43. The maximum absolute atomic E-state index is 14.1. The Labute approximate surface area is 159 Å². The third-order valence-corrected chi connectivity index (χ3v) is 5.20. The fraction of sp³-hybridized carbons (Fsp3) is 0.381. The van der Waals surface area contributed by atoms with Gasteiger partial charge in [0.15, 0.2) is 0 Å². The van der Waals surface area contributed by atoms with Gasteiger partial charge in [-0.25, -0.2) is 4.39 Å². The van der Waals surface area contributed by atoms with Crippen molar-refractivity contribution in [3.63, 3.8) is 0 Å². The van der Waals surface area contributed by atoms with Gasteiger partial charge in [0, 0.05) is 36.1 Å². The second kappa shape index (κ2) is 8.19. The van der Waals surface area contributed by atoms with Crippen LogP contribution in [0.2, 0.25) is 5.02 Å². The molecule has 26 heavy (non-hydrogen) atoms. The predicted molar refractivity (Wildman–Crippen MR) is 103 cm³/mol. The summed E-state index contributed by atoms with van der Waals surface area (Å²) in [7, 11) is 3.94. The fourth-order valence-electron chi connectivity index (χ4n) is 3.24. The van der Waals surface area contributed by atoms with Crippen LogP contribution in [0.1, 0.15) is 23.5 Å². The topological polar surface area (TPSA) is 23.6 Å². The molecule has 1 aliphatic rings. The van der Waals surface area contributed by atoms with Crippen molar-refractivity contribution in [1.82, 2.24) is 9.80 Å². The van der Waals surface area contributed by atoms with Crippen molar-refractivity contribution < 1.29 is 9.18 Å². The molecule has 1 aliphatic carbocycles. The molecule has 2 aromatic rings. The maximum atomic E-state index is 14.1. The molecule has 0 aliphatic heterocycles. The lowest BCUT2D eigenvalue weighted by atomic mass is 10.1. The summed E-state index contributed by atoms with van der Waals surface area (Å²) in [6.45, 7) is 1.61. The summed E-state index contributed by atoms with van der Waals surface area (Å²) in [4.78, 5) is 16.9. The van der Waals surface area contributed by atoms with Crippen LogP contribution in [-0.4, -0.2) is 42.9 Å². The van der Waals surface area contributed by atoms with Gasteiger partial charge < -0.3 is 9.80 Å². The summed E-state index contributed by atoms with van der Waals surface area (Å²) >= 11 is 6.28. The normalized spacial score (nSPS) is 18.8. The number of nitrogens with zero attached hydrogens (tertiary/aromatic N) is 2. The smallest absolute Gasteiger partial charge is 0.226 e. The van der Waals surface area contributed by atoms with Crippen molar-refractivity contribution >= 4 is 17.5 Å². The van der Waals surface area contributed by atoms with Gasteiger partial charge in [0.1, 0.15) is 5.82 Å². The quantitative estimate of drug-likeness (QED) is 0.726. The van der Waals surface area contributed by atoms with E-state index in [1.807, 2.05) is 43.3 Å². The summed E-state index contributed by atoms with van der Waals surface area (Å²) in [6, 6.07) is 14.3. The minimum atomic E-state index is -0.270. The Balaban J connectivity index is 1.73. The van der Waals surface area contributed by atoms with Crippen LogP contribution in [0.5, 0.6) is 0 Å². The average Bonchev–Trinajstić information content (AvgIpc) is 3.40. The average molecular weight is 375 g/mol. The van der Waals surface area contributed by atoms with Crippen molar-refractivity contribution in [2.24, 2.45) is 5.92 Å². The monoisotopic (exact) mass is 374 g/mol. The van der Waals surface area contributed by atoms with E-state index in [0.29, 0.717) is 23.7 Å². The van der Waals surface area contributed by atoms with Crippen LogP contribution in [0.3, 0.4) is 0 Å². The van der Waals surface area contributed by atoms with E-state index in [1.165, 1.54) is 6.07 Å². The highest BCUT2D eigenvalue weighted by molar-refractivity contribution is 6.31. The molecule has 2 aromatic carbocycles. The number of hydrogen-bond donors (Lipinski definition) is 0. The van der Waals surface area contributed by atoms with Crippen molar-refractivity contribution in [2.45, 2.75) is 18.9 Å². The van der Waals surface area contributed by atoms with Gasteiger partial charge in [-0.3, -0.25) is 4.79 Å². The minimum absolute atomic E-state index is 0.0659. The van der Waals surface area contributed by atoms with Crippen LogP contribution in [0.25, 0.3) is 0 Å². The van der Waals surface area contributed by atoms with E-state index in [2.05, 4.69) is 0 Å². The van der Waals surface area contributed by atoms with Crippen molar-refractivity contribution in [3.05, 3.63) is 70.5 Å². The molecular formula is C21H24ClFN2O. The molecule has 2 unspecified atom stereocenters. The van der Waals surface area contributed by atoms with Crippen molar-refractivity contribution in [3.8, 4) is 0 Å². The Hall–Kier alpha value is -1.91. The van der Waals surface area contributed by atoms with Gasteiger partial charge in [0.05, 0.1) is 0 Å². The van der Waals surface area contributed by atoms with Gasteiger partial charge in [-0.05, 0) is 44.1 Å². The summed E-state index contributed by atoms with van der Waals surface area (Å²) in [6.07, 6.45) is 0.804. The summed E-state index contributed by atoms with van der Waals surface area (Å²) in [5.74, 6) is -0.0869. The Bertz CT molecular complexity index is 780. The van der Waals surface area contributed by atoms with E-state index in [-0.39, 0.29) is 23.6 Å². The number of carbonyl (C=O) groups is 1. The zero-order valence-corrected chi connectivity index (χ0v) is 15.9. The fourth-order valence-corrected chi connectivity index (χ4v) is 3.52. The summed E-state index contributed by atoms with van der Waals surface area (Å²) < 4.78 is 14.1. The number of likely N-dealkylation sites (N-methyl/N-ethyl adjacent to an activating group) is 1. The molecule has 5 heteroatoms. The second-order valence-electron chi connectivity index (χ2n) is 7.12. The van der Waals surface area contributed by atoms with Gasteiger partial charge in [0.25, 0.3) is 0 Å². The number of hydrogen-bond acceptors (Lipinski definition) is 2. The van der Waals surface area contributed by atoms with Crippen LogP contribution in [0.4, 0.5) is 4.39 Å². The zero-order valence-electron chi connectivity index (χ0n) is 15.2. The Morgan fingerprint density at radius 1 is 1.12 bits per heavy atom. The van der Waals surface area contributed by atoms with Crippen LogP contribution in [0.15, 0.2) is 48.5 Å². The predicted octanol–water partition coefficient (Wildman–Crippen LogP) is 4.17. The standard InChI is InChI=1S/C21H24ClFN2O/c1-24(2)11-12-25(14-15-7-3-6-10-20(15)23)21(26)18-13-17(18)16-8-4-5-9-19(16)22/h3-10,17-18H,11-14H2,1-2H3. The first kappa shape index (κ1) is 18.9. The SMILES string of the molecule is CN(C)CCN(Cc1ccccc1F)C(=O)C1CC1c1ccccc1Cl. The van der Waals surface area contributed by atoms with E-state index >= 15 is 0 Å². The lowest BCUT2D eigenvalue weighted by molar-refractivity contribution is -0.133. The van der Waals surface area contributed by atoms with Gasteiger partial charge in [-0.2, -0.15) is 0 Å². The Morgan fingerprint density at radius 2 is 1.81 bits per heavy atom. The van der Waals surface area contributed by atoms with Crippen molar-refractivity contribution in [2.75, 3.05) is 27.2 Å². The van der Waals surface area contributed by atoms with E-state index in [9.17, 15) is 9.18 Å². The number of carbonyl (C=O) groups excluding carboxylic acids is 1. The Kier molecular flexibility index (Phi) is 5.94. The molecule has 3 nitrogen and oxygen atoms in total. The molecule has 0 spiro atoms. The molecule has 1 saturated carbocycles. The van der Waals surface area contributed by atoms with Gasteiger partial charge in [-0.1, -0.05) is 48.0 Å². The van der Waals surface area contributed by atoms with E-state index < -0.39 is 0 Å². The van der Waals surface area contributed by atoms with Crippen LogP contribution in [-0.2, 0) is 11.3 Å². The largest absolute Gasteiger partial charge is 0.337 e. The van der Waals surface area contributed by atoms with Gasteiger partial charge in [0.2, 0.25) is 5.91 Å². The zero-order chi connectivity index (χ0) is 18.7. The number of benzene rings is 2.